The van der Waals surface area contributed by atoms with Gasteiger partial charge in [-0.1, -0.05) is 18.3 Å². The summed E-state index contributed by atoms with van der Waals surface area (Å²) in [6.07, 6.45) is 2.22. The van der Waals surface area contributed by atoms with Crippen molar-refractivity contribution >= 4 is 27.5 Å². The number of carbonyl (C=O) groups is 1. The van der Waals surface area contributed by atoms with Crippen LogP contribution in [0.4, 0.5) is 4.39 Å². The van der Waals surface area contributed by atoms with E-state index in [1.807, 2.05) is 0 Å². The standard InChI is InChI=1S/C26H31FN6O6S/c1-5-18(22(35)28-6-2)32-23(36)21-15(3)24(33-29-9-10-30-33)40-25(21)31(26(32)37)14-20(39-12-11-34)17-13-16(27)7-8-19(17)38-4/h7-10,13,18,20,34H,5-6,11-12,14H2,1-4H3,(H,28,35)/t18?,20-/m0/s1. The van der Waals surface area contributed by atoms with E-state index in [1.165, 1.54) is 47.1 Å². The number of rotatable bonds is 12. The van der Waals surface area contributed by atoms with Gasteiger partial charge in [-0.3, -0.25) is 14.2 Å². The Morgan fingerprint density at radius 2 is 1.95 bits per heavy atom. The normalized spacial score (nSPS) is 12.9. The number of aromatic nitrogens is 5. The summed E-state index contributed by atoms with van der Waals surface area (Å²) in [5.41, 5.74) is -0.500. The average Bonchev–Trinajstić information content (AvgIpc) is 3.59. The Balaban J connectivity index is 2.02. The molecule has 0 fully saturated rings. The van der Waals surface area contributed by atoms with Crippen LogP contribution in [-0.2, 0) is 16.1 Å². The number of likely N-dealkylation sites (N-methyl/N-ethyl adjacent to an activating group) is 1. The van der Waals surface area contributed by atoms with E-state index >= 15 is 0 Å². The molecule has 0 saturated carbocycles. The lowest BCUT2D eigenvalue weighted by Gasteiger charge is -2.23. The fourth-order valence-electron chi connectivity index (χ4n) is 4.64. The first-order valence-electron chi connectivity index (χ1n) is 12.8. The van der Waals surface area contributed by atoms with Crippen LogP contribution in [0.3, 0.4) is 0 Å². The van der Waals surface area contributed by atoms with E-state index in [1.54, 1.807) is 20.8 Å². The molecule has 0 saturated heterocycles. The highest BCUT2D eigenvalue weighted by Gasteiger charge is 2.29. The molecule has 12 nitrogen and oxygen atoms in total. The largest absolute Gasteiger partial charge is 0.496 e. The minimum atomic E-state index is -1.07. The summed E-state index contributed by atoms with van der Waals surface area (Å²) in [4.78, 5) is 42.6. The number of nitrogens with zero attached hydrogens (tertiary/aromatic N) is 5. The molecule has 0 aliphatic rings. The lowest BCUT2D eigenvalue weighted by Crippen LogP contribution is -2.47. The first-order chi connectivity index (χ1) is 19.3. The second-order valence-corrected chi connectivity index (χ2v) is 9.86. The maximum Gasteiger partial charge on any atom is 0.332 e. The van der Waals surface area contributed by atoms with Gasteiger partial charge in [-0.2, -0.15) is 10.2 Å². The van der Waals surface area contributed by atoms with Crippen molar-refractivity contribution in [3.8, 4) is 10.8 Å². The zero-order valence-corrected chi connectivity index (χ0v) is 23.4. The molecule has 3 heterocycles. The summed E-state index contributed by atoms with van der Waals surface area (Å²) in [7, 11) is 1.43. The predicted molar refractivity (Wildman–Crippen MR) is 147 cm³/mol. The summed E-state index contributed by atoms with van der Waals surface area (Å²) >= 11 is 1.13. The number of benzene rings is 1. The highest BCUT2D eigenvalue weighted by molar-refractivity contribution is 7.21. The molecule has 40 heavy (non-hydrogen) atoms. The van der Waals surface area contributed by atoms with E-state index in [0.717, 1.165) is 15.9 Å². The Bertz CT molecular complexity index is 1610. The molecule has 2 atom stereocenters. The maximum absolute atomic E-state index is 14.3. The Morgan fingerprint density at radius 1 is 1.23 bits per heavy atom. The predicted octanol–water partition coefficient (Wildman–Crippen LogP) is 2.10. The second-order valence-electron chi connectivity index (χ2n) is 8.89. The smallest absolute Gasteiger partial charge is 0.332 e. The third kappa shape index (κ3) is 5.42. The van der Waals surface area contributed by atoms with Crippen molar-refractivity contribution in [1.82, 2.24) is 29.4 Å². The summed E-state index contributed by atoms with van der Waals surface area (Å²) in [6.45, 7) is 4.91. The number of thiophene rings is 1. The minimum Gasteiger partial charge on any atom is -0.496 e. The average molecular weight is 575 g/mol. The monoisotopic (exact) mass is 574 g/mol. The topological polar surface area (TPSA) is 143 Å². The van der Waals surface area contributed by atoms with Gasteiger partial charge in [0.15, 0.2) is 0 Å². The Hall–Kier alpha value is -3.88. The quantitative estimate of drug-likeness (QED) is 0.262. The number of aliphatic hydroxyl groups excluding tert-OH is 1. The molecule has 1 unspecified atom stereocenters. The van der Waals surface area contributed by atoms with E-state index in [0.29, 0.717) is 33.3 Å². The third-order valence-electron chi connectivity index (χ3n) is 6.47. The molecule has 3 aromatic heterocycles. The molecule has 4 rings (SSSR count). The number of hydrogen-bond acceptors (Lipinski definition) is 9. The van der Waals surface area contributed by atoms with E-state index in [-0.39, 0.29) is 31.6 Å². The van der Waals surface area contributed by atoms with Crippen molar-refractivity contribution < 1.29 is 23.8 Å². The number of carbonyl (C=O) groups excluding carboxylic acids is 1. The van der Waals surface area contributed by atoms with Crippen molar-refractivity contribution in [2.45, 2.75) is 45.9 Å². The lowest BCUT2D eigenvalue weighted by atomic mass is 10.1. The molecule has 0 aliphatic heterocycles. The molecule has 0 radical (unpaired) electrons. The Labute approximate surface area is 232 Å². The van der Waals surface area contributed by atoms with Gasteiger partial charge in [0.25, 0.3) is 5.56 Å². The molecule has 0 bridgehead atoms. The van der Waals surface area contributed by atoms with Gasteiger partial charge >= 0.3 is 5.69 Å². The van der Waals surface area contributed by atoms with Crippen LogP contribution in [0.15, 0.2) is 40.2 Å². The number of nitrogens with one attached hydrogen (secondary N) is 1. The molecule has 1 amide bonds. The van der Waals surface area contributed by atoms with Crippen molar-refractivity contribution in [2.24, 2.45) is 0 Å². The molecule has 0 spiro atoms. The van der Waals surface area contributed by atoms with Crippen LogP contribution >= 0.6 is 11.3 Å². The number of fused-ring (bicyclic) bond motifs is 1. The SMILES string of the molecule is CCNC(=O)C(CC)n1c(=O)c2c(C)c(-n3nccn3)sc2n(C[C@H](OCCO)c2cc(F)ccc2OC)c1=O. The zero-order chi connectivity index (χ0) is 29.0. The molecule has 0 aliphatic carbocycles. The Morgan fingerprint density at radius 3 is 2.58 bits per heavy atom. The summed E-state index contributed by atoms with van der Waals surface area (Å²) in [5.74, 6) is -0.687. The van der Waals surface area contributed by atoms with Gasteiger partial charge in [0.05, 0.1) is 44.6 Å². The van der Waals surface area contributed by atoms with Crippen LogP contribution in [0.25, 0.3) is 15.2 Å². The number of aryl methyl sites for hydroxylation is 1. The highest BCUT2D eigenvalue weighted by Crippen LogP contribution is 2.34. The van der Waals surface area contributed by atoms with Gasteiger partial charge in [0.1, 0.15) is 33.5 Å². The Kier molecular flexibility index (Phi) is 9.12. The van der Waals surface area contributed by atoms with Crippen molar-refractivity contribution in [1.29, 1.82) is 0 Å². The number of ether oxygens (including phenoxy) is 2. The van der Waals surface area contributed by atoms with Crippen molar-refractivity contribution in [3.63, 3.8) is 0 Å². The number of halogens is 1. The minimum absolute atomic E-state index is 0.107. The first kappa shape index (κ1) is 29.1. The van der Waals surface area contributed by atoms with Crippen LogP contribution in [0, 0.1) is 12.7 Å². The number of aliphatic hydroxyl groups is 1. The highest BCUT2D eigenvalue weighted by atomic mass is 32.1. The maximum atomic E-state index is 14.3. The summed E-state index contributed by atoms with van der Waals surface area (Å²) in [5, 5.41) is 21.3. The molecule has 1 aromatic carbocycles. The molecular weight excluding hydrogens is 543 g/mol. The summed E-state index contributed by atoms with van der Waals surface area (Å²) < 4.78 is 28.0. The van der Waals surface area contributed by atoms with E-state index in [4.69, 9.17) is 9.47 Å². The zero-order valence-electron chi connectivity index (χ0n) is 22.6. The lowest BCUT2D eigenvalue weighted by molar-refractivity contribution is -0.124. The fraction of sp³-hybridized carbons (Fsp3) is 0.423. The summed E-state index contributed by atoms with van der Waals surface area (Å²) in [6, 6.07) is 2.85. The van der Waals surface area contributed by atoms with E-state index in [9.17, 15) is 23.9 Å². The van der Waals surface area contributed by atoms with Crippen LogP contribution in [0.5, 0.6) is 5.75 Å². The van der Waals surface area contributed by atoms with E-state index < -0.39 is 35.1 Å². The second kappa shape index (κ2) is 12.5. The molecule has 214 valence electrons. The van der Waals surface area contributed by atoms with Gasteiger partial charge in [-0.25, -0.2) is 13.8 Å². The van der Waals surface area contributed by atoms with Crippen LogP contribution in [-0.4, -0.2) is 62.0 Å². The van der Waals surface area contributed by atoms with Gasteiger partial charge in [-0.05, 0) is 38.5 Å². The molecule has 14 heteroatoms. The van der Waals surface area contributed by atoms with E-state index in [2.05, 4.69) is 15.5 Å². The van der Waals surface area contributed by atoms with Gasteiger partial charge < -0.3 is 19.9 Å². The number of hydrogen-bond donors (Lipinski definition) is 2. The number of amides is 1. The molecular formula is C26H31FN6O6S. The van der Waals surface area contributed by atoms with Gasteiger partial charge in [-0.15, -0.1) is 4.80 Å². The van der Waals surface area contributed by atoms with Gasteiger partial charge in [0.2, 0.25) is 5.91 Å². The van der Waals surface area contributed by atoms with Crippen molar-refractivity contribution in [3.05, 3.63) is 68.4 Å². The number of methoxy groups -OCH3 is 1. The van der Waals surface area contributed by atoms with Crippen LogP contribution in [0.1, 0.15) is 43.5 Å². The van der Waals surface area contributed by atoms with Crippen LogP contribution in [0.2, 0.25) is 0 Å². The van der Waals surface area contributed by atoms with Crippen molar-refractivity contribution in [2.75, 3.05) is 26.9 Å². The first-order valence-corrected chi connectivity index (χ1v) is 13.6. The third-order valence-corrected chi connectivity index (χ3v) is 7.75. The fourth-order valence-corrected chi connectivity index (χ4v) is 5.86. The van der Waals surface area contributed by atoms with Crippen LogP contribution < -0.4 is 21.3 Å². The van der Waals surface area contributed by atoms with Gasteiger partial charge in [0, 0.05) is 17.7 Å². The molecule has 2 N–H and O–H groups in total. The molecule has 4 aromatic rings.